The lowest BCUT2D eigenvalue weighted by Crippen LogP contribution is -2.50. The number of nitrogens with zero attached hydrogens (tertiary/aromatic N) is 1. The van der Waals surface area contributed by atoms with E-state index in [-0.39, 0.29) is 12.5 Å². The standard InChI is InChI=1S/C30H35NO5/c1-4-11-27-31(29(32)35-21-24-14-9-6-10-15-24)28(22(2)3)30(33,36-27)25-16-18-26(19-17-25)34-20-23-12-7-5-8-13-23/h5-10,12-19,22,27-28,33H,4,11,20-21H2,1-3H3/t27?,28-,30?/m0/s1. The van der Waals surface area contributed by atoms with Gasteiger partial charge in [0, 0.05) is 5.56 Å². The van der Waals surface area contributed by atoms with Gasteiger partial charge in [0.25, 0.3) is 0 Å². The fraction of sp³-hybridized carbons (Fsp3) is 0.367. The van der Waals surface area contributed by atoms with Crippen molar-refractivity contribution in [3.63, 3.8) is 0 Å². The molecule has 2 unspecified atom stereocenters. The van der Waals surface area contributed by atoms with Crippen molar-refractivity contribution in [1.29, 1.82) is 0 Å². The summed E-state index contributed by atoms with van der Waals surface area (Å²) in [5.41, 5.74) is 2.56. The molecular formula is C30H35NO5. The molecule has 1 aliphatic heterocycles. The summed E-state index contributed by atoms with van der Waals surface area (Å²) in [5, 5.41) is 11.9. The molecule has 6 heteroatoms. The number of aliphatic hydroxyl groups is 1. The minimum absolute atomic E-state index is 0.0878. The minimum Gasteiger partial charge on any atom is -0.489 e. The molecule has 6 nitrogen and oxygen atoms in total. The van der Waals surface area contributed by atoms with E-state index in [0.29, 0.717) is 24.3 Å². The SMILES string of the molecule is CCCC1OC(O)(c2ccc(OCc3ccccc3)cc2)[C@H](C(C)C)N1C(=O)OCc1ccccc1. The van der Waals surface area contributed by atoms with Gasteiger partial charge in [-0.25, -0.2) is 4.79 Å². The van der Waals surface area contributed by atoms with E-state index in [4.69, 9.17) is 14.2 Å². The molecule has 3 aromatic rings. The second kappa shape index (κ2) is 11.6. The molecular weight excluding hydrogens is 454 g/mol. The summed E-state index contributed by atoms with van der Waals surface area (Å²) < 4.78 is 17.8. The molecule has 0 aromatic heterocycles. The Kier molecular flexibility index (Phi) is 8.28. The van der Waals surface area contributed by atoms with Gasteiger partial charge in [-0.3, -0.25) is 4.90 Å². The van der Waals surface area contributed by atoms with Crippen LogP contribution in [-0.2, 0) is 28.5 Å². The topological polar surface area (TPSA) is 68.2 Å². The molecule has 0 aliphatic carbocycles. The van der Waals surface area contributed by atoms with Crippen LogP contribution >= 0.6 is 0 Å². The van der Waals surface area contributed by atoms with Crippen LogP contribution < -0.4 is 4.74 Å². The fourth-order valence-electron chi connectivity index (χ4n) is 4.71. The largest absolute Gasteiger partial charge is 0.489 e. The number of ether oxygens (including phenoxy) is 3. The molecule has 1 fully saturated rings. The molecule has 1 saturated heterocycles. The molecule has 190 valence electrons. The van der Waals surface area contributed by atoms with Crippen LogP contribution in [0.5, 0.6) is 5.75 Å². The van der Waals surface area contributed by atoms with Crippen LogP contribution in [0.3, 0.4) is 0 Å². The Morgan fingerprint density at radius 1 is 0.944 bits per heavy atom. The molecule has 4 rings (SSSR count). The molecule has 0 saturated carbocycles. The van der Waals surface area contributed by atoms with Crippen LogP contribution in [0.15, 0.2) is 84.9 Å². The van der Waals surface area contributed by atoms with Gasteiger partial charge in [-0.05, 0) is 47.7 Å². The first kappa shape index (κ1) is 25.7. The predicted octanol–water partition coefficient (Wildman–Crippen LogP) is 6.23. The monoisotopic (exact) mass is 489 g/mol. The number of carbonyl (C=O) groups is 1. The molecule has 1 heterocycles. The Hall–Kier alpha value is -3.35. The van der Waals surface area contributed by atoms with Crippen LogP contribution in [0.25, 0.3) is 0 Å². The van der Waals surface area contributed by atoms with Gasteiger partial charge in [-0.15, -0.1) is 0 Å². The number of amides is 1. The van der Waals surface area contributed by atoms with Gasteiger partial charge in [0.15, 0.2) is 0 Å². The molecule has 36 heavy (non-hydrogen) atoms. The lowest BCUT2D eigenvalue weighted by atomic mass is 9.89. The second-order valence-electron chi connectivity index (χ2n) is 9.49. The van der Waals surface area contributed by atoms with Crippen LogP contribution in [0.2, 0.25) is 0 Å². The van der Waals surface area contributed by atoms with Gasteiger partial charge >= 0.3 is 6.09 Å². The first-order chi connectivity index (χ1) is 17.4. The Bertz CT molecular complexity index is 1100. The van der Waals surface area contributed by atoms with E-state index in [2.05, 4.69) is 0 Å². The van der Waals surface area contributed by atoms with Crippen molar-refractivity contribution in [1.82, 2.24) is 4.90 Å². The smallest absolute Gasteiger partial charge is 0.412 e. The second-order valence-corrected chi connectivity index (χ2v) is 9.49. The molecule has 3 atom stereocenters. The van der Waals surface area contributed by atoms with Crippen molar-refractivity contribution in [2.75, 3.05) is 0 Å². The van der Waals surface area contributed by atoms with Gasteiger partial charge in [0.1, 0.15) is 25.2 Å². The Morgan fingerprint density at radius 3 is 2.08 bits per heavy atom. The average Bonchev–Trinajstić information content (AvgIpc) is 3.21. The lowest BCUT2D eigenvalue weighted by molar-refractivity contribution is -0.212. The van der Waals surface area contributed by atoms with Crippen LogP contribution in [-0.4, -0.2) is 28.4 Å². The summed E-state index contributed by atoms with van der Waals surface area (Å²) in [6.45, 7) is 6.59. The summed E-state index contributed by atoms with van der Waals surface area (Å²) in [4.78, 5) is 14.9. The van der Waals surface area contributed by atoms with E-state index in [1.165, 1.54) is 0 Å². The molecule has 0 bridgehead atoms. The van der Waals surface area contributed by atoms with Crippen molar-refractivity contribution in [3.8, 4) is 5.75 Å². The third kappa shape index (κ3) is 5.72. The first-order valence-electron chi connectivity index (χ1n) is 12.6. The molecule has 1 aliphatic rings. The number of hydrogen-bond acceptors (Lipinski definition) is 5. The fourth-order valence-corrected chi connectivity index (χ4v) is 4.71. The third-order valence-electron chi connectivity index (χ3n) is 6.43. The molecule has 1 amide bonds. The van der Waals surface area contributed by atoms with Gasteiger partial charge in [0.2, 0.25) is 5.79 Å². The van der Waals surface area contributed by atoms with E-state index < -0.39 is 24.2 Å². The Morgan fingerprint density at radius 2 is 1.53 bits per heavy atom. The van der Waals surface area contributed by atoms with E-state index in [1.807, 2.05) is 93.6 Å². The van der Waals surface area contributed by atoms with E-state index in [9.17, 15) is 9.90 Å². The zero-order valence-electron chi connectivity index (χ0n) is 21.2. The number of hydrogen-bond donors (Lipinski definition) is 1. The highest BCUT2D eigenvalue weighted by molar-refractivity contribution is 5.69. The van der Waals surface area contributed by atoms with Crippen LogP contribution in [0.4, 0.5) is 4.79 Å². The van der Waals surface area contributed by atoms with Crippen molar-refractivity contribution in [2.24, 2.45) is 5.92 Å². The molecule has 1 N–H and O–H groups in total. The van der Waals surface area contributed by atoms with Gasteiger partial charge in [0.05, 0.1) is 6.04 Å². The maximum Gasteiger partial charge on any atom is 0.412 e. The third-order valence-corrected chi connectivity index (χ3v) is 6.43. The highest BCUT2D eigenvalue weighted by atomic mass is 16.7. The van der Waals surface area contributed by atoms with Crippen molar-refractivity contribution >= 4 is 6.09 Å². The van der Waals surface area contributed by atoms with Gasteiger partial charge in [-0.2, -0.15) is 0 Å². The van der Waals surface area contributed by atoms with Crippen molar-refractivity contribution in [3.05, 3.63) is 102 Å². The number of benzene rings is 3. The zero-order chi connectivity index (χ0) is 25.5. The highest BCUT2D eigenvalue weighted by Gasteiger charge is 2.57. The summed E-state index contributed by atoms with van der Waals surface area (Å²) in [5.74, 6) is -1.07. The molecule has 3 aromatic carbocycles. The molecule has 0 spiro atoms. The van der Waals surface area contributed by atoms with Gasteiger partial charge in [-0.1, -0.05) is 87.9 Å². The maximum absolute atomic E-state index is 13.3. The summed E-state index contributed by atoms with van der Waals surface area (Å²) in [6.07, 6.45) is 0.296. The van der Waals surface area contributed by atoms with Crippen LogP contribution in [0.1, 0.15) is 50.3 Å². The highest BCUT2D eigenvalue weighted by Crippen LogP contribution is 2.44. The first-order valence-corrected chi connectivity index (χ1v) is 12.6. The Balaban J connectivity index is 1.53. The van der Waals surface area contributed by atoms with E-state index in [1.54, 1.807) is 17.0 Å². The predicted molar refractivity (Wildman–Crippen MR) is 138 cm³/mol. The van der Waals surface area contributed by atoms with Crippen molar-refractivity contribution in [2.45, 2.75) is 64.9 Å². The maximum atomic E-state index is 13.3. The zero-order valence-corrected chi connectivity index (χ0v) is 21.2. The number of rotatable bonds is 9. The number of carbonyl (C=O) groups excluding carboxylic acids is 1. The van der Waals surface area contributed by atoms with Crippen LogP contribution in [0, 0.1) is 5.92 Å². The molecule has 0 radical (unpaired) electrons. The lowest BCUT2D eigenvalue weighted by Gasteiger charge is -2.34. The van der Waals surface area contributed by atoms with E-state index in [0.717, 1.165) is 17.5 Å². The van der Waals surface area contributed by atoms with Gasteiger partial charge < -0.3 is 19.3 Å². The summed E-state index contributed by atoms with van der Waals surface area (Å²) in [6, 6.07) is 26.1. The average molecular weight is 490 g/mol. The van der Waals surface area contributed by atoms with E-state index >= 15 is 0 Å². The Labute approximate surface area is 213 Å². The quantitative estimate of drug-likeness (QED) is 0.386. The van der Waals surface area contributed by atoms with Crippen molar-refractivity contribution < 1.29 is 24.1 Å². The normalized spacial score (nSPS) is 21.5. The summed E-state index contributed by atoms with van der Waals surface area (Å²) in [7, 11) is 0. The summed E-state index contributed by atoms with van der Waals surface area (Å²) >= 11 is 0. The minimum atomic E-state index is -1.67.